The number of carbonyl (C=O) groups excluding carboxylic acids is 1. The molecule has 0 radical (unpaired) electrons. The number of nitrogens with one attached hydrogen (secondary N) is 1. The summed E-state index contributed by atoms with van der Waals surface area (Å²) in [5, 5.41) is 13.9. The highest BCUT2D eigenvalue weighted by Crippen LogP contribution is 2.38. The summed E-state index contributed by atoms with van der Waals surface area (Å²) in [7, 11) is 1.22. The van der Waals surface area contributed by atoms with Crippen molar-refractivity contribution in [2.24, 2.45) is 0 Å². The first kappa shape index (κ1) is 72.9. The number of quaternary nitrogens is 1. The number of aliphatic hydroxyl groups is 1. The standard InChI is InChI=1S/C67H117N2O6P/c1-6-8-10-12-14-16-18-20-22-24-26-28-30-31-32-33-34-35-36-37-39-41-43-45-47-49-51-53-55-57-59-61-67(71)68-65(64-75-76(72,73)74-63-62-69(3,4)5)66(70)60-58-56-54-52-50-48-46-44-42-40-38-29-27-25-23-21-19-17-15-13-11-9-7-2/h8,10,14,16,20,22,26,28,31-32,34-35,37,39,43,45,50,52,58,60,65-66,70H,6-7,9,11-13,15,17-19,21,23-25,27,29-30,33,36,38,40-42,44,46-49,51,53-57,59,61-64H2,1-5H3,(H-,68,71,72,73)/b10-8-,16-14-,22-20-,28-26-,32-31-,35-34-,39-37-,45-43-,52-50+,60-58+. The fourth-order valence-electron chi connectivity index (χ4n) is 8.36. The van der Waals surface area contributed by atoms with Gasteiger partial charge in [-0.1, -0.05) is 264 Å². The lowest BCUT2D eigenvalue weighted by molar-refractivity contribution is -0.870. The van der Waals surface area contributed by atoms with Crippen molar-refractivity contribution in [1.82, 2.24) is 5.32 Å². The first-order valence-electron chi connectivity index (χ1n) is 30.9. The second kappa shape index (κ2) is 56.6. The van der Waals surface area contributed by atoms with E-state index < -0.39 is 26.6 Å². The first-order chi connectivity index (χ1) is 37.0. The Hall–Kier alpha value is -3.10. The first-order valence-corrected chi connectivity index (χ1v) is 32.4. The highest BCUT2D eigenvalue weighted by molar-refractivity contribution is 7.45. The van der Waals surface area contributed by atoms with E-state index in [4.69, 9.17) is 9.05 Å². The zero-order valence-corrected chi connectivity index (χ0v) is 50.6. The van der Waals surface area contributed by atoms with Crippen molar-refractivity contribution in [3.63, 3.8) is 0 Å². The van der Waals surface area contributed by atoms with Crippen LogP contribution >= 0.6 is 7.82 Å². The smallest absolute Gasteiger partial charge is 0.268 e. The topological polar surface area (TPSA) is 108 Å². The van der Waals surface area contributed by atoms with Crippen molar-refractivity contribution in [2.45, 2.75) is 257 Å². The Morgan fingerprint density at radius 3 is 1.22 bits per heavy atom. The molecule has 8 nitrogen and oxygen atoms in total. The third-order valence-electron chi connectivity index (χ3n) is 13.2. The number of amides is 1. The molecule has 0 spiro atoms. The fraction of sp³-hybridized carbons (Fsp3) is 0.687. The molecule has 2 N–H and O–H groups in total. The second-order valence-corrected chi connectivity index (χ2v) is 23.1. The lowest BCUT2D eigenvalue weighted by Crippen LogP contribution is -2.45. The number of hydrogen-bond donors (Lipinski definition) is 2. The van der Waals surface area contributed by atoms with Gasteiger partial charge in [-0.05, 0) is 96.3 Å². The maximum Gasteiger partial charge on any atom is 0.268 e. The third kappa shape index (κ3) is 58.6. The molecular formula is C67H117N2O6P. The van der Waals surface area contributed by atoms with Crippen molar-refractivity contribution in [1.29, 1.82) is 0 Å². The molecule has 3 atom stereocenters. The van der Waals surface area contributed by atoms with E-state index in [1.54, 1.807) is 6.08 Å². The lowest BCUT2D eigenvalue weighted by Gasteiger charge is -2.29. The van der Waals surface area contributed by atoms with Crippen molar-refractivity contribution in [2.75, 3.05) is 40.9 Å². The Balaban J connectivity index is 4.29. The van der Waals surface area contributed by atoms with Gasteiger partial charge in [-0.25, -0.2) is 0 Å². The van der Waals surface area contributed by atoms with Gasteiger partial charge < -0.3 is 28.8 Å². The van der Waals surface area contributed by atoms with Crippen LogP contribution in [0.5, 0.6) is 0 Å². The average Bonchev–Trinajstić information content (AvgIpc) is 3.38. The molecule has 436 valence electrons. The van der Waals surface area contributed by atoms with Crippen LogP contribution in [-0.4, -0.2) is 68.5 Å². The van der Waals surface area contributed by atoms with E-state index in [9.17, 15) is 19.4 Å². The summed E-state index contributed by atoms with van der Waals surface area (Å²) >= 11 is 0. The third-order valence-corrected chi connectivity index (χ3v) is 14.1. The predicted molar refractivity (Wildman–Crippen MR) is 329 cm³/mol. The summed E-state index contributed by atoms with van der Waals surface area (Å²) in [5.41, 5.74) is 0. The number of aliphatic hydroxyl groups excluding tert-OH is 1. The maximum absolute atomic E-state index is 13.0. The van der Waals surface area contributed by atoms with Gasteiger partial charge in [0.25, 0.3) is 7.82 Å². The van der Waals surface area contributed by atoms with Crippen LogP contribution in [0.25, 0.3) is 0 Å². The van der Waals surface area contributed by atoms with Crippen LogP contribution in [0.3, 0.4) is 0 Å². The van der Waals surface area contributed by atoms with Crippen LogP contribution in [0.4, 0.5) is 0 Å². The second-order valence-electron chi connectivity index (χ2n) is 21.7. The van der Waals surface area contributed by atoms with Crippen LogP contribution in [0, 0.1) is 0 Å². The summed E-state index contributed by atoms with van der Waals surface area (Å²) in [6.45, 7) is 4.51. The molecule has 76 heavy (non-hydrogen) atoms. The maximum atomic E-state index is 13.0. The van der Waals surface area contributed by atoms with Crippen LogP contribution in [-0.2, 0) is 18.4 Å². The molecule has 0 saturated heterocycles. The zero-order chi connectivity index (χ0) is 55.6. The number of unbranched alkanes of at least 4 members (excludes halogenated alkanes) is 24. The van der Waals surface area contributed by atoms with E-state index in [2.05, 4.69) is 129 Å². The number of phosphoric acid groups is 1. The molecule has 1 amide bonds. The number of nitrogens with zero attached hydrogens (tertiary/aromatic N) is 1. The lowest BCUT2D eigenvalue weighted by atomic mass is 10.0. The Morgan fingerprint density at radius 2 is 0.816 bits per heavy atom. The molecule has 0 aliphatic carbocycles. The molecular weight excluding hydrogens is 960 g/mol. The Bertz CT molecular complexity index is 1650. The van der Waals surface area contributed by atoms with Crippen LogP contribution < -0.4 is 10.2 Å². The number of carbonyl (C=O) groups is 1. The van der Waals surface area contributed by atoms with E-state index in [-0.39, 0.29) is 12.5 Å². The Kier molecular flexibility index (Phi) is 54.3. The molecule has 0 rings (SSSR count). The van der Waals surface area contributed by atoms with Gasteiger partial charge in [-0.3, -0.25) is 9.36 Å². The van der Waals surface area contributed by atoms with E-state index in [0.717, 1.165) is 116 Å². The molecule has 0 aromatic heterocycles. The number of hydrogen-bond acceptors (Lipinski definition) is 6. The number of likely N-dealkylation sites (N-methyl/N-ethyl adjacent to an activating group) is 1. The van der Waals surface area contributed by atoms with Crippen molar-refractivity contribution < 1.29 is 32.9 Å². The highest BCUT2D eigenvalue weighted by atomic mass is 31.2. The molecule has 9 heteroatoms. The fourth-order valence-corrected chi connectivity index (χ4v) is 9.08. The van der Waals surface area contributed by atoms with Gasteiger partial charge in [-0.2, -0.15) is 0 Å². The van der Waals surface area contributed by atoms with Gasteiger partial charge in [0.05, 0.1) is 39.9 Å². The Labute approximate surface area is 469 Å². The minimum atomic E-state index is -4.62. The van der Waals surface area contributed by atoms with Crippen LogP contribution in [0.15, 0.2) is 122 Å². The van der Waals surface area contributed by atoms with Crippen LogP contribution in [0.2, 0.25) is 0 Å². The highest BCUT2D eigenvalue weighted by Gasteiger charge is 2.23. The average molecular weight is 1080 g/mol. The molecule has 0 heterocycles. The minimum absolute atomic E-state index is 0.0159. The van der Waals surface area contributed by atoms with E-state index >= 15 is 0 Å². The monoisotopic (exact) mass is 1080 g/mol. The molecule has 0 saturated carbocycles. The molecule has 0 aliphatic heterocycles. The van der Waals surface area contributed by atoms with Crippen LogP contribution in [0.1, 0.15) is 245 Å². The van der Waals surface area contributed by atoms with Gasteiger partial charge in [0.1, 0.15) is 13.2 Å². The SMILES string of the molecule is CC/C=C\C/C=C\C/C=C\C/C=C\C/C=C\C/C=C\C/C=C\C/C=C\CCCCCCCCC(=O)NC(COP(=O)([O-])OCC[N+](C)(C)C)C(O)/C=C/CC/C=C/CCCCCCCCCCCCCCCCCCC. The van der Waals surface area contributed by atoms with Gasteiger partial charge in [-0.15, -0.1) is 0 Å². The normalized spacial score (nSPS) is 14.7. The van der Waals surface area contributed by atoms with E-state index in [1.165, 1.54) is 109 Å². The van der Waals surface area contributed by atoms with Gasteiger partial charge >= 0.3 is 0 Å². The predicted octanol–water partition coefficient (Wildman–Crippen LogP) is 18.7. The number of allylic oxidation sites excluding steroid dienone is 19. The minimum Gasteiger partial charge on any atom is -0.756 e. The van der Waals surface area contributed by atoms with Gasteiger partial charge in [0.15, 0.2) is 0 Å². The molecule has 0 aliphatic rings. The Morgan fingerprint density at radius 1 is 0.474 bits per heavy atom. The molecule has 0 bridgehead atoms. The molecule has 0 fully saturated rings. The summed E-state index contributed by atoms with van der Waals surface area (Å²) in [5.74, 6) is -0.225. The number of rotatable bonds is 55. The number of phosphoric ester groups is 1. The van der Waals surface area contributed by atoms with E-state index in [1.807, 2.05) is 27.2 Å². The van der Waals surface area contributed by atoms with Gasteiger partial charge in [0, 0.05) is 6.42 Å². The van der Waals surface area contributed by atoms with E-state index in [0.29, 0.717) is 17.4 Å². The summed E-state index contributed by atoms with van der Waals surface area (Å²) in [6.07, 6.45) is 84.3. The summed E-state index contributed by atoms with van der Waals surface area (Å²) in [4.78, 5) is 25.5. The van der Waals surface area contributed by atoms with Crippen molar-refractivity contribution in [3.8, 4) is 0 Å². The molecule has 0 aromatic carbocycles. The summed E-state index contributed by atoms with van der Waals surface area (Å²) in [6, 6.07) is -0.922. The van der Waals surface area contributed by atoms with Gasteiger partial charge in [0.2, 0.25) is 5.91 Å². The largest absolute Gasteiger partial charge is 0.756 e. The van der Waals surface area contributed by atoms with Crippen molar-refractivity contribution in [3.05, 3.63) is 122 Å². The molecule has 3 unspecified atom stereocenters. The molecule has 0 aromatic rings. The quantitative estimate of drug-likeness (QED) is 0.0272. The zero-order valence-electron chi connectivity index (χ0n) is 49.7. The van der Waals surface area contributed by atoms with Crippen molar-refractivity contribution >= 4 is 13.7 Å². The summed E-state index contributed by atoms with van der Waals surface area (Å²) < 4.78 is 23.4.